The molecule has 0 radical (unpaired) electrons. The number of hydrogen-bond acceptors (Lipinski definition) is 2. The lowest BCUT2D eigenvalue weighted by atomic mass is 10.0. The third-order valence-corrected chi connectivity index (χ3v) is 11.2. The number of hydrogen-bond donors (Lipinski definition) is 0. The number of nitrogens with zero attached hydrogens (tertiary/aromatic N) is 2. The van der Waals surface area contributed by atoms with Crippen molar-refractivity contribution < 1.29 is 0 Å². The molecule has 65 heavy (non-hydrogen) atoms. The predicted octanol–water partition coefficient (Wildman–Crippen LogP) is 17.6. The molecule has 0 aromatic heterocycles. The number of anilines is 5. The minimum absolute atomic E-state index is 0.775. The summed E-state index contributed by atoms with van der Waals surface area (Å²) in [5.41, 5.74) is 16.9. The Morgan fingerprint density at radius 3 is 1.22 bits per heavy atom. The van der Waals surface area contributed by atoms with Gasteiger partial charge in [-0.25, -0.2) is 0 Å². The van der Waals surface area contributed by atoms with Crippen molar-refractivity contribution in [2.24, 2.45) is 0 Å². The molecular formula is C63H54N2. The van der Waals surface area contributed by atoms with Gasteiger partial charge in [0.25, 0.3) is 0 Å². The van der Waals surface area contributed by atoms with Crippen LogP contribution >= 0.6 is 0 Å². The second-order valence-electron chi connectivity index (χ2n) is 16.0. The Morgan fingerprint density at radius 2 is 0.769 bits per heavy atom. The summed E-state index contributed by atoms with van der Waals surface area (Å²) >= 11 is 0. The summed E-state index contributed by atoms with van der Waals surface area (Å²) in [6.07, 6.45) is 17.5. The molecular weight excluding hydrogens is 785 g/mol. The van der Waals surface area contributed by atoms with Crippen LogP contribution in [0, 0.1) is 0 Å². The van der Waals surface area contributed by atoms with Crippen molar-refractivity contribution in [3.05, 3.63) is 296 Å². The first-order valence-electron chi connectivity index (χ1n) is 22.3. The average molecular weight is 839 g/mol. The van der Waals surface area contributed by atoms with Crippen LogP contribution in [0.4, 0.5) is 28.4 Å². The third-order valence-electron chi connectivity index (χ3n) is 11.2. The van der Waals surface area contributed by atoms with Crippen LogP contribution in [-0.2, 0) is 6.42 Å². The summed E-state index contributed by atoms with van der Waals surface area (Å²) in [6, 6.07) is 77.7. The zero-order valence-electron chi connectivity index (χ0n) is 37.2. The molecule has 0 aliphatic rings. The Kier molecular flexibility index (Phi) is 14.5. The maximum atomic E-state index is 4.50. The number of benzene rings is 8. The van der Waals surface area contributed by atoms with Crippen molar-refractivity contribution in [1.82, 2.24) is 0 Å². The van der Waals surface area contributed by atoms with E-state index in [4.69, 9.17) is 0 Å². The van der Waals surface area contributed by atoms with Crippen LogP contribution in [0.1, 0.15) is 19.4 Å². The van der Waals surface area contributed by atoms with Crippen LogP contribution in [0.3, 0.4) is 0 Å². The lowest BCUT2D eigenvalue weighted by Crippen LogP contribution is -2.16. The highest BCUT2D eigenvalue weighted by Gasteiger charge is 2.17. The van der Waals surface area contributed by atoms with E-state index in [0.717, 1.165) is 46.1 Å². The molecule has 0 atom stereocenters. The monoisotopic (exact) mass is 838 g/mol. The van der Waals surface area contributed by atoms with Crippen molar-refractivity contribution in [3.63, 3.8) is 0 Å². The van der Waals surface area contributed by atoms with Gasteiger partial charge in [0.1, 0.15) is 0 Å². The molecule has 316 valence electrons. The average Bonchev–Trinajstić information content (AvgIpc) is 3.36. The highest BCUT2D eigenvalue weighted by atomic mass is 15.1. The Hall–Kier alpha value is -8.20. The first-order valence-corrected chi connectivity index (χ1v) is 22.3. The molecule has 0 bridgehead atoms. The van der Waals surface area contributed by atoms with Gasteiger partial charge in [-0.3, -0.25) is 0 Å². The zero-order chi connectivity index (χ0) is 44.6. The SMILES string of the molecule is C=C(/C=C/C=C\C=C/C)/C=C(\C=C(\C)Cc1ccc(N(c2ccccc2)c2ccc(-c3ccccc3)cc2)cc1)N(c1ccc(-c2ccccc2)cc1)c1ccc(-c2ccccc2)cc1. The second kappa shape index (κ2) is 21.7. The molecule has 0 fully saturated rings. The van der Waals surface area contributed by atoms with Crippen LogP contribution < -0.4 is 9.80 Å². The van der Waals surface area contributed by atoms with Crippen molar-refractivity contribution in [2.75, 3.05) is 9.80 Å². The number of rotatable bonds is 16. The Morgan fingerprint density at radius 1 is 0.400 bits per heavy atom. The molecule has 0 heterocycles. The topological polar surface area (TPSA) is 6.48 Å². The summed E-state index contributed by atoms with van der Waals surface area (Å²) in [7, 11) is 0. The first-order chi connectivity index (χ1) is 32.0. The molecule has 8 rings (SSSR count). The van der Waals surface area contributed by atoms with E-state index in [9.17, 15) is 0 Å². The van der Waals surface area contributed by atoms with E-state index < -0.39 is 0 Å². The molecule has 0 aliphatic carbocycles. The van der Waals surface area contributed by atoms with Crippen LogP contribution in [0.25, 0.3) is 33.4 Å². The molecule has 0 saturated heterocycles. The van der Waals surface area contributed by atoms with Gasteiger partial charge in [0.2, 0.25) is 0 Å². The summed E-state index contributed by atoms with van der Waals surface area (Å²) in [5.74, 6) is 0. The fraction of sp³-hybridized carbons (Fsp3) is 0.0476. The molecule has 8 aromatic rings. The van der Waals surface area contributed by atoms with Gasteiger partial charge >= 0.3 is 0 Å². The molecule has 0 saturated carbocycles. The molecule has 0 spiro atoms. The highest BCUT2D eigenvalue weighted by Crippen LogP contribution is 2.37. The van der Waals surface area contributed by atoms with Crippen molar-refractivity contribution in [3.8, 4) is 33.4 Å². The molecule has 2 heteroatoms. The minimum Gasteiger partial charge on any atom is -0.311 e. The van der Waals surface area contributed by atoms with E-state index in [0.29, 0.717) is 0 Å². The van der Waals surface area contributed by atoms with Crippen LogP contribution in [0.15, 0.2) is 290 Å². The molecule has 0 aliphatic heterocycles. The van der Waals surface area contributed by atoms with Gasteiger partial charge in [0.15, 0.2) is 0 Å². The summed E-state index contributed by atoms with van der Waals surface area (Å²) in [5, 5.41) is 0. The fourth-order valence-electron chi connectivity index (χ4n) is 7.99. The smallest absolute Gasteiger partial charge is 0.0466 e. The second-order valence-corrected chi connectivity index (χ2v) is 16.0. The largest absolute Gasteiger partial charge is 0.311 e. The van der Waals surface area contributed by atoms with Crippen molar-refractivity contribution in [1.29, 1.82) is 0 Å². The lowest BCUT2D eigenvalue weighted by Gasteiger charge is -2.28. The predicted molar refractivity (Wildman–Crippen MR) is 280 cm³/mol. The first kappa shape index (κ1) is 43.4. The zero-order valence-corrected chi connectivity index (χ0v) is 37.2. The summed E-state index contributed by atoms with van der Waals surface area (Å²) < 4.78 is 0. The van der Waals surface area contributed by atoms with Crippen LogP contribution in [-0.4, -0.2) is 0 Å². The molecule has 2 nitrogen and oxygen atoms in total. The fourth-order valence-corrected chi connectivity index (χ4v) is 7.99. The molecule has 0 N–H and O–H groups in total. The van der Waals surface area contributed by atoms with Crippen molar-refractivity contribution >= 4 is 28.4 Å². The lowest BCUT2D eigenvalue weighted by molar-refractivity contribution is 1.11. The van der Waals surface area contributed by atoms with E-state index >= 15 is 0 Å². The van der Waals surface area contributed by atoms with Crippen LogP contribution in [0.2, 0.25) is 0 Å². The maximum absolute atomic E-state index is 4.50. The standard InChI is InChI=1S/C63H54N2/c1-4-5-6-7-12-21-49(2)47-63(65(61-42-34-56(35-43-61)53-24-15-9-16-25-53)62-44-36-57(37-45-62)54-26-17-10-18-27-54)48-50(3)46-51-30-38-59(39-31-51)64(58-28-19-11-20-29-58)60-40-32-55(33-41-60)52-22-13-8-14-23-52/h4-45,47-48H,2,46H2,1,3H3/b5-4-,7-6-,21-12+,50-48-,63-47+. The van der Waals surface area contributed by atoms with E-state index in [1.54, 1.807) is 0 Å². The minimum atomic E-state index is 0.775. The third kappa shape index (κ3) is 11.4. The van der Waals surface area contributed by atoms with Crippen LogP contribution in [0.5, 0.6) is 0 Å². The van der Waals surface area contributed by atoms with E-state index in [-0.39, 0.29) is 0 Å². The Labute approximate surface area is 386 Å². The number of allylic oxidation sites excluding steroid dienone is 10. The van der Waals surface area contributed by atoms with E-state index in [1.165, 1.54) is 44.5 Å². The Balaban J connectivity index is 1.14. The quantitative estimate of drug-likeness (QED) is 0.0895. The summed E-state index contributed by atoms with van der Waals surface area (Å²) in [4.78, 5) is 4.66. The highest BCUT2D eigenvalue weighted by molar-refractivity contribution is 5.79. The maximum Gasteiger partial charge on any atom is 0.0466 e. The molecule has 0 unspecified atom stereocenters. The van der Waals surface area contributed by atoms with Gasteiger partial charge in [0, 0.05) is 34.1 Å². The summed E-state index contributed by atoms with van der Waals surface area (Å²) in [6.45, 7) is 8.74. The molecule has 0 amide bonds. The van der Waals surface area contributed by atoms with Crippen molar-refractivity contribution in [2.45, 2.75) is 20.3 Å². The van der Waals surface area contributed by atoms with Gasteiger partial charge in [0.05, 0.1) is 0 Å². The number of para-hydroxylation sites is 1. The van der Waals surface area contributed by atoms with Gasteiger partial charge in [-0.15, -0.1) is 0 Å². The van der Waals surface area contributed by atoms with Gasteiger partial charge in [-0.1, -0.05) is 206 Å². The Bertz CT molecular complexity index is 2820. The van der Waals surface area contributed by atoms with E-state index in [2.05, 4.69) is 260 Å². The van der Waals surface area contributed by atoms with E-state index in [1.807, 2.05) is 37.3 Å². The normalized spacial score (nSPS) is 12.0. The van der Waals surface area contributed by atoms with Gasteiger partial charge < -0.3 is 9.80 Å². The van der Waals surface area contributed by atoms with Gasteiger partial charge in [-0.2, -0.15) is 0 Å². The van der Waals surface area contributed by atoms with Gasteiger partial charge in [-0.05, 0) is 138 Å². The molecule has 8 aromatic carbocycles.